The van der Waals surface area contributed by atoms with Gasteiger partial charge in [-0.2, -0.15) is 5.10 Å². The molecule has 1 saturated heterocycles. The summed E-state index contributed by atoms with van der Waals surface area (Å²) in [6, 6.07) is -0.0868. The van der Waals surface area contributed by atoms with Crippen molar-refractivity contribution in [2.45, 2.75) is 74.8 Å². The average Bonchev–Trinajstić information content (AvgIpc) is 3.11. The molecule has 3 fully saturated rings. The van der Waals surface area contributed by atoms with Crippen LogP contribution in [0.2, 0.25) is 5.02 Å². The highest BCUT2D eigenvalue weighted by Gasteiger charge is 2.34. The molecular weight excluding hydrogens is 446 g/mol. The fourth-order valence-corrected chi connectivity index (χ4v) is 6.41. The van der Waals surface area contributed by atoms with Gasteiger partial charge in [0, 0.05) is 25.0 Å². The highest BCUT2D eigenvalue weighted by molar-refractivity contribution is 7.90. The van der Waals surface area contributed by atoms with Gasteiger partial charge in [0.1, 0.15) is 11.1 Å². The van der Waals surface area contributed by atoms with Crippen LogP contribution in [0.3, 0.4) is 0 Å². The van der Waals surface area contributed by atoms with E-state index in [9.17, 15) is 18.0 Å². The first-order valence-electron chi connectivity index (χ1n) is 10.8. The fraction of sp³-hybridized carbons (Fsp3) is 0.737. The maximum Gasteiger partial charge on any atom is 0.407 e. The van der Waals surface area contributed by atoms with Gasteiger partial charge in [-0.1, -0.05) is 18.0 Å². The van der Waals surface area contributed by atoms with E-state index in [1.165, 1.54) is 6.20 Å². The molecule has 3 N–H and O–H groups in total. The lowest BCUT2D eigenvalue weighted by Crippen LogP contribution is -2.47. The summed E-state index contributed by atoms with van der Waals surface area (Å²) in [6.45, 7) is 1.04. The van der Waals surface area contributed by atoms with Gasteiger partial charge in [0.05, 0.1) is 23.7 Å². The average molecular weight is 474 g/mol. The van der Waals surface area contributed by atoms with Crippen molar-refractivity contribution in [2.75, 3.05) is 18.0 Å². The van der Waals surface area contributed by atoms with E-state index in [2.05, 4.69) is 20.2 Å². The first-order chi connectivity index (χ1) is 14.8. The Balaban J connectivity index is 1.20. The number of ether oxygens (including phenoxy) is 1. The van der Waals surface area contributed by atoms with Gasteiger partial charge in [-0.25, -0.2) is 23.0 Å². The molecule has 0 unspecified atom stereocenters. The Kier molecular flexibility index (Phi) is 6.73. The summed E-state index contributed by atoms with van der Waals surface area (Å²) in [7, 11) is -3.22. The second kappa shape index (κ2) is 9.33. The number of sulfonamides is 1. The molecule has 3 aliphatic rings. The van der Waals surface area contributed by atoms with Crippen LogP contribution in [0.1, 0.15) is 51.4 Å². The third-order valence-electron chi connectivity index (χ3n) is 6.41. The number of rotatable bonds is 6. The number of nitrogens with zero attached hydrogens (tertiary/aromatic N) is 2. The van der Waals surface area contributed by atoms with E-state index in [1.807, 2.05) is 4.90 Å². The van der Waals surface area contributed by atoms with Gasteiger partial charge in [0.2, 0.25) is 10.0 Å². The van der Waals surface area contributed by atoms with Crippen molar-refractivity contribution in [2.24, 2.45) is 0 Å². The number of nitrogens with one attached hydrogen (secondary N) is 3. The molecule has 1 aliphatic heterocycles. The molecule has 1 aromatic rings. The summed E-state index contributed by atoms with van der Waals surface area (Å²) >= 11 is 6.05. The standard InChI is InChI=1S/C19H28ClN5O5S/c20-17-16(10-21-23-18(17)26)25-9-8-14(11-25)30-19(27)22-12-4-6-13(7-5-12)24-31(28,29)15-2-1-3-15/h10,12-15,24H,1-9,11H2,(H,22,27)(H,23,26)/t12?,13?,14-/m1/s1. The van der Waals surface area contributed by atoms with Gasteiger partial charge in [-0.05, 0) is 38.5 Å². The second-order valence-corrected chi connectivity index (χ2v) is 10.9. The minimum atomic E-state index is -3.22. The summed E-state index contributed by atoms with van der Waals surface area (Å²) in [5.41, 5.74) is 0.0754. The topological polar surface area (TPSA) is 133 Å². The zero-order valence-corrected chi connectivity index (χ0v) is 18.8. The molecular formula is C19H28ClN5O5S. The van der Waals surface area contributed by atoms with E-state index < -0.39 is 21.7 Å². The van der Waals surface area contributed by atoms with E-state index in [0.29, 0.717) is 50.9 Å². The molecule has 2 heterocycles. The molecule has 10 nitrogen and oxygen atoms in total. The smallest absolute Gasteiger partial charge is 0.407 e. The van der Waals surface area contributed by atoms with Crippen molar-refractivity contribution < 1.29 is 17.9 Å². The third-order valence-corrected chi connectivity index (χ3v) is 8.78. The summed E-state index contributed by atoms with van der Waals surface area (Å²) < 4.78 is 32.9. The van der Waals surface area contributed by atoms with E-state index >= 15 is 0 Å². The van der Waals surface area contributed by atoms with Crippen molar-refractivity contribution in [1.29, 1.82) is 0 Å². The van der Waals surface area contributed by atoms with Crippen LogP contribution in [0.15, 0.2) is 11.0 Å². The molecule has 0 aromatic carbocycles. The van der Waals surface area contributed by atoms with Gasteiger partial charge in [0.25, 0.3) is 5.56 Å². The van der Waals surface area contributed by atoms with Crippen LogP contribution in [-0.4, -0.2) is 61.2 Å². The molecule has 0 radical (unpaired) electrons. The van der Waals surface area contributed by atoms with Crippen LogP contribution in [0.25, 0.3) is 0 Å². The lowest BCUT2D eigenvalue weighted by atomic mass is 9.92. The highest BCUT2D eigenvalue weighted by Crippen LogP contribution is 2.28. The van der Waals surface area contributed by atoms with Crippen molar-refractivity contribution in [3.05, 3.63) is 21.6 Å². The lowest BCUT2D eigenvalue weighted by Gasteiger charge is -2.32. The van der Waals surface area contributed by atoms with Gasteiger partial charge in [-0.15, -0.1) is 0 Å². The van der Waals surface area contributed by atoms with Crippen molar-refractivity contribution >= 4 is 33.4 Å². The Morgan fingerprint density at radius 1 is 1.16 bits per heavy atom. The number of carbonyl (C=O) groups is 1. The number of aromatic amines is 1. The first kappa shape index (κ1) is 22.3. The minimum absolute atomic E-state index is 0.0270. The van der Waals surface area contributed by atoms with Crippen LogP contribution in [0.4, 0.5) is 10.5 Å². The zero-order valence-electron chi connectivity index (χ0n) is 17.2. The quantitative estimate of drug-likeness (QED) is 0.570. The Bertz CT molecular complexity index is 959. The zero-order chi connectivity index (χ0) is 22.0. The van der Waals surface area contributed by atoms with Crippen molar-refractivity contribution in [3.63, 3.8) is 0 Å². The second-order valence-electron chi connectivity index (χ2n) is 8.57. The largest absolute Gasteiger partial charge is 0.444 e. The van der Waals surface area contributed by atoms with Gasteiger partial charge >= 0.3 is 6.09 Å². The number of carbonyl (C=O) groups excluding carboxylic acids is 1. The Hall–Kier alpha value is -1.85. The first-order valence-corrected chi connectivity index (χ1v) is 12.7. The van der Waals surface area contributed by atoms with Gasteiger partial charge in [-0.3, -0.25) is 4.79 Å². The number of aromatic nitrogens is 2. The van der Waals surface area contributed by atoms with Crippen LogP contribution in [0.5, 0.6) is 0 Å². The van der Waals surface area contributed by atoms with E-state index in [-0.39, 0.29) is 28.5 Å². The number of H-pyrrole nitrogens is 1. The monoisotopic (exact) mass is 473 g/mol. The summed E-state index contributed by atoms with van der Waals surface area (Å²) in [6.07, 6.45) is 6.63. The predicted molar refractivity (Wildman–Crippen MR) is 116 cm³/mol. The number of hydrogen-bond donors (Lipinski definition) is 3. The lowest BCUT2D eigenvalue weighted by molar-refractivity contribution is 0.102. The molecule has 0 bridgehead atoms. The summed E-state index contributed by atoms with van der Waals surface area (Å²) in [4.78, 5) is 25.8. The molecule has 0 spiro atoms. The number of hydrogen-bond acceptors (Lipinski definition) is 7. The summed E-state index contributed by atoms with van der Waals surface area (Å²) in [5, 5.41) is 8.79. The number of anilines is 1. The number of amides is 1. The molecule has 2 aliphatic carbocycles. The van der Waals surface area contributed by atoms with Crippen molar-refractivity contribution in [1.82, 2.24) is 20.2 Å². The molecule has 12 heteroatoms. The third kappa shape index (κ3) is 5.32. The number of alkyl carbamates (subject to hydrolysis) is 1. The SMILES string of the molecule is O=C(NC1CCC(NS(=O)(=O)C2CCC2)CC1)O[C@@H]1CCN(c2cn[nH]c(=O)c2Cl)C1. The van der Waals surface area contributed by atoms with Gasteiger partial charge in [0.15, 0.2) is 0 Å². The summed E-state index contributed by atoms with van der Waals surface area (Å²) in [5.74, 6) is 0. The predicted octanol–water partition coefficient (Wildman–Crippen LogP) is 1.51. The highest BCUT2D eigenvalue weighted by atomic mass is 35.5. The molecule has 4 rings (SSSR count). The van der Waals surface area contributed by atoms with Gasteiger partial charge < -0.3 is 15.0 Å². The van der Waals surface area contributed by atoms with Crippen LogP contribution in [0, 0.1) is 0 Å². The minimum Gasteiger partial charge on any atom is -0.444 e. The fourth-order valence-electron chi connectivity index (χ4n) is 4.36. The van der Waals surface area contributed by atoms with E-state index in [1.54, 1.807) is 0 Å². The molecule has 1 aromatic heterocycles. The maximum atomic E-state index is 12.3. The molecule has 172 valence electrons. The van der Waals surface area contributed by atoms with E-state index in [0.717, 1.165) is 19.3 Å². The van der Waals surface area contributed by atoms with Crippen LogP contribution >= 0.6 is 11.6 Å². The molecule has 1 atom stereocenters. The molecule has 1 amide bonds. The number of halogens is 1. The molecule has 31 heavy (non-hydrogen) atoms. The van der Waals surface area contributed by atoms with Crippen LogP contribution < -0.4 is 20.5 Å². The normalized spacial score (nSPS) is 27.0. The van der Waals surface area contributed by atoms with Crippen LogP contribution in [-0.2, 0) is 14.8 Å². The Morgan fingerprint density at radius 3 is 2.55 bits per heavy atom. The van der Waals surface area contributed by atoms with E-state index in [4.69, 9.17) is 16.3 Å². The Morgan fingerprint density at radius 2 is 1.87 bits per heavy atom. The van der Waals surface area contributed by atoms with Crippen molar-refractivity contribution in [3.8, 4) is 0 Å². The maximum absolute atomic E-state index is 12.3. The Labute approximate surface area is 186 Å². The molecule has 2 saturated carbocycles.